The average molecular weight is 656 g/mol. The molecule has 0 radical (unpaired) electrons. The monoisotopic (exact) mass is 655 g/mol. The molecule has 2 fully saturated rings. The zero-order chi connectivity index (χ0) is 33.0. The fourth-order valence-corrected chi connectivity index (χ4v) is 5.52. The Morgan fingerprint density at radius 3 is 2.57 bits per heavy atom. The molecule has 11 nitrogen and oxygen atoms in total. The number of hydrogen-bond acceptors (Lipinski definition) is 10. The molecular formula is C32H37F4N9O2. The molecule has 0 aromatic carbocycles. The Hall–Kier alpha value is -4.37. The molecule has 2 aliphatic rings. The van der Waals surface area contributed by atoms with Crippen molar-refractivity contribution in [3.8, 4) is 28.4 Å². The van der Waals surface area contributed by atoms with Crippen molar-refractivity contribution in [3.63, 3.8) is 0 Å². The van der Waals surface area contributed by atoms with Crippen LogP contribution in [-0.4, -0.2) is 90.0 Å². The molecular weight excluding hydrogens is 618 g/mol. The van der Waals surface area contributed by atoms with E-state index >= 15 is 0 Å². The minimum absolute atomic E-state index is 0.132. The summed E-state index contributed by atoms with van der Waals surface area (Å²) in [5.74, 6) is -2.51. The topological polar surface area (TPSA) is 126 Å². The van der Waals surface area contributed by atoms with Crippen LogP contribution in [0, 0.1) is 0 Å². The van der Waals surface area contributed by atoms with Crippen LogP contribution in [0.4, 0.5) is 34.9 Å². The van der Waals surface area contributed by atoms with E-state index in [0.717, 1.165) is 48.4 Å². The lowest BCUT2D eigenvalue weighted by atomic mass is 9.83. The van der Waals surface area contributed by atoms with Crippen molar-refractivity contribution in [3.05, 3.63) is 55.2 Å². The summed E-state index contributed by atoms with van der Waals surface area (Å²) in [5, 5.41) is 21.0. The molecule has 0 atom stereocenters. The van der Waals surface area contributed by atoms with E-state index < -0.39 is 24.5 Å². The summed E-state index contributed by atoms with van der Waals surface area (Å²) in [6.45, 7) is 4.32. The van der Waals surface area contributed by atoms with Crippen molar-refractivity contribution in [2.45, 2.75) is 69.6 Å². The summed E-state index contributed by atoms with van der Waals surface area (Å²) < 4.78 is 58.9. The number of anilines is 3. The fraction of sp³-hybridized carbons (Fsp3) is 0.469. The quantitative estimate of drug-likeness (QED) is 0.156. The molecule has 0 amide bonds. The lowest BCUT2D eigenvalue weighted by Crippen LogP contribution is -2.39. The minimum Gasteiger partial charge on any atom is -0.491 e. The Morgan fingerprint density at radius 2 is 1.87 bits per heavy atom. The van der Waals surface area contributed by atoms with E-state index in [1.807, 2.05) is 25.1 Å². The smallest absolute Gasteiger partial charge is 0.326 e. The number of likely N-dealkylation sites (tertiary alicyclic amines) is 1. The molecule has 1 saturated carbocycles. The second-order valence-corrected chi connectivity index (χ2v) is 12.3. The number of alkyl halides is 4. The van der Waals surface area contributed by atoms with Gasteiger partial charge >= 0.3 is 12.3 Å². The number of aliphatic hydroxyl groups is 1. The van der Waals surface area contributed by atoms with Crippen molar-refractivity contribution >= 4 is 17.3 Å². The fourth-order valence-electron chi connectivity index (χ4n) is 5.52. The van der Waals surface area contributed by atoms with Crippen LogP contribution < -0.4 is 15.4 Å². The molecule has 1 aliphatic carbocycles. The maximum Gasteiger partial charge on any atom is 0.326 e. The zero-order valence-corrected chi connectivity index (χ0v) is 25.9. The lowest BCUT2D eigenvalue weighted by molar-refractivity contribution is -0.139. The maximum absolute atomic E-state index is 13.5. The predicted octanol–water partition coefficient (Wildman–Crippen LogP) is 5.63. The third-order valence-electron chi connectivity index (χ3n) is 8.46. The number of rotatable bonds is 13. The Morgan fingerprint density at radius 1 is 1.06 bits per heavy atom. The average Bonchev–Trinajstić information content (AvgIpc) is 3.48. The highest BCUT2D eigenvalue weighted by Gasteiger charge is 2.41. The normalized spacial score (nSPS) is 20.2. The van der Waals surface area contributed by atoms with Crippen molar-refractivity contribution < 1.29 is 27.4 Å². The first-order valence-electron chi connectivity index (χ1n) is 15.6. The summed E-state index contributed by atoms with van der Waals surface area (Å²) in [4.78, 5) is 20.2. The molecule has 4 aromatic heterocycles. The van der Waals surface area contributed by atoms with Crippen LogP contribution in [0.25, 0.3) is 22.6 Å². The van der Waals surface area contributed by atoms with E-state index in [-0.39, 0.29) is 17.4 Å². The van der Waals surface area contributed by atoms with E-state index in [4.69, 9.17) is 4.74 Å². The lowest BCUT2D eigenvalue weighted by Gasteiger charge is -2.34. The van der Waals surface area contributed by atoms with Crippen LogP contribution in [0.15, 0.2) is 55.2 Å². The first kappa shape index (κ1) is 32.6. The molecule has 3 N–H and O–H groups in total. The van der Waals surface area contributed by atoms with E-state index in [9.17, 15) is 22.7 Å². The number of halogens is 4. The van der Waals surface area contributed by atoms with Crippen LogP contribution in [0.5, 0.6) is 5.75 Å². The van der Waals surface area contributed by atoms with Crippen LogP contribution in [0.3, 0.4) is 0 Å². The van der Waals surface area contributed by atoms with Gasteiger partial charge < -0.3 is 20.5 Å². The maximum atomic E-state index is 13.5. The highest BCUT2D eigenvalue weighted by molar-refractivity contribution is 5.78. The third kappa shape index (κ3) is 8.32. The Labute approximate surface area is 269 Å². The van der Waals surface area contributed by atoms with Gasteiger partial charge in [-0.3, -0.25) is 14.6 Å². The molecule has 250 valence electrons. The highest BCUT2D eigenvalue weighted by atomic mass is 19.3. The van der Waals surface area contributed by atoms with Gasteiger partial charge in [-0.05, 0) is 70.3 Å². The Kier molecular flexibility index (Phi) is 9.55. The van der Waals surface area contributed by atoms with Crippen LogP contribution >= 0.6 is 0 Å². The summed E-state index contributed by atoms with van der Waals surface area (Å²) in [6, 6.07) is 7.40. The number of aromatic nitrogens is 6. The number of ether oxygens (including phenoxy) is 1. The predicted molar refractivity (Wildman–Crippen MR) is 168 cm³/mol. The van der Waals surface area contributed by atoms with Gasteiger partial charge in [-0.1, -0.05) is 0 Å². The van der Waals surface area contributed by atoms with Crippen LogP contribution in [-0.2, 0) is 6.54 Å². The van der Waals surface area contributed by atoms with E-state index in [1.165, 1.54) is 25.0 Å². The van der Waals surface area contributed by atoms with Crippen molar-refractivity contribution in [2.24, 2.45) is 0 Å². The van der Waals surface area contributed by atoms with Gasteiger partial charge in [-0.15, -0.1) is 0 Å². The van der Waals surface area contributed by atoms with Gasteiger partial charge in [0, 0.05) is 48.5 Å². The molecule has 1 saturated heterocycles. The Balaban J connectivity index is 1.19. The summed E-state index contributed by atoms with van der Waals surface area (Å²) in [5.41, 5.74) is 1.91. The van der Waals surface area contributed by atoms with Gasteiger partial charge in [0.2, 0.25) is 0 Å². The van der Waals surface area contributed by atoms with E-state index in [2.05, 4.69) is 40.6 Å². The summed E-state index contributed by atoms with van der Waals surface area (Å²) in [6.07, 6.45) is 7.71. The van der Waals surface area contributed by atoms with Gasteiger partial charge in [0.05, 0.1) is 29.3 Å². The summed E-state index contributed by atoms with van der Waals surface area (Å²) in [7, 11) is 0. The first-order chi connectivity index (χ1) is 22.5. The Bertz CT molecular complexity index is 1640. The van der Waals surface area contributed by atoms with Crippen LogP contribution in [0.2, 0.25) is 0 Å². The molecule has 47 heavy (non-hydrogen) atoms. The van der Waals surface area contributed by atoms with Gasteiger partial charge in [-0.25, -0.2) is 23.7 Å². The van der Waals surface area contributed by atoms with Gasteiger partial charge in [0.25, 0.3) is 0 Å². The molecule has 4 aromatic rings. The summed E-state index contributed by atoms with van der Waals surface area (Å²) >= 11 is 0. The largest absolute Gasteiger partial charge is 0.491 e. The number of pyridine rings is 2. The number of nitrogens with one attached hydrogen (secondary N) is 2. The van der Waals surface area contributed by atoms with Gasteiger partial charge in [0.1, 0.15) is 30.5 Å². The zero-order valence-electron chi connectivity index (χ0n) is 25.9. The van der Waals surface area contributed by atoms with Crippen molar-refractivity contribution in [1.82, 2.24) is 34.6 Å². The molecule has 0 spiro atoms. The molecule has 1 aliphatic heterocycles. The molecule has 15 heteroatoms. The second kappa shape index (κ2) is 13.8. The molecule has 6 rings (SSSR count). The SMILES string of the molecule is CC1(O)CCC(Nc2cc(Nc3ccnc(-c4cnn(CC(F)(F)C(F)F)c4)n3)ncc2-c2ccc(OCCN3CCC3)cn2)CC1. The molecule has 5 heterocycles. The van der Waals surface area contributed by atoms with Crippen molar-refractivity contribution in [2.75, 3.05) is 36.9 Å². The van der Waals surface area contributed by atoms with Gasteiger partial charge in [-0.2, -0.15) is 13.9 Å². The highest BCUT2D eigenvalue weighted by Crippen LogP contribution is 2.34. The standard InChI is InChI=1S/C32H37F4N9O2/c1-31(46)8-5-22(6-9-31)41-26-15-28(39-18-24(26)25-4-3-23(17-38-25)47-14-13-44-11-2-12-44)42-27-7-10-37-29(43-27)21-16-40-45(19-21)20-32(35,36)30(33)34/h3-4,7,10,15-19,22,30,46H,2,5-6,8-9,11-14,20H2,1H3,(H2,37,39,41,42,43). The molecule has 0 bridgehead atoms. The van der Waals surface area contributed by atoms with E-state index in [0.29, 0.717) is 42.5 Å². The van der Waals surface area contributed by atoms with Crippen molar-refractivity contribution in [1.29, 1.82) is 0 Å². The first-order valence-corrected chi connectivity index (χ1v) is 15.6. The molecule has 0 unspecified atom stereocenters. The number of hydrogen-bond donors (Lipinski definition) is 3. The minimum atomic E-state index is -4.22. The third-order valence-corrected chi connectivity index (χ3v) is 8.46. The second-order valence-electron chi connectivity index (χ2n) is 12.3. The number of nitrogens with zero attached hydrogens (tertiary/aromatic N) is 7. The van der Waals surface area contributed by atoms with Gasteiger partial charge in [0.15, 0.2) is 5.82 Å². The van der Waals surface area contributed by atoms with Crippen LogP contribution in [0.1, 0.15) is 39.0 Å². The van der Waals surface area contributed by atoms with E-state index in [1.54, 1.807) is 18.5 Å².